The minimum Gasteiger partial charge on any atom is -0.505 e. The number of aromatic nitrogens is 4. The number of halogens is 1. The van der Waals surface area contributed by atoms with Gasteiger partial charge in [-0.25, -0.2) is 9.67 Å². The van der Waals surface area contributed by atoms with Crippen molar-refractivity contribution in [3.8, 4) is 22.6 Å². The van der Waals surface area contributed by atoms with Crippen molar-refractivity contribution in [3.63, 3.8) is 0 Å². The highest BCUT2D eigenvalue weighted by Crippen LogP contribution is 2.36. The summed E-state index contributed by atoms with van der Waals surface area (Å²) in [7, 11) is 0. The smallest absolute Gasteiger partial charge is 0.278 e. The van der Waals surface area contributed by atoms with Gasteiger partial charge in [0, 0.05) is 29.7 Å². The number of aromatic hydroxyl groups is 1. The third kappa shape index (κ3) is 3.03. The molecule has 8 heteroatoms. The summed E-state index contributed by atoms with van der Waals surface area (Å²) in [5, 5.41) is 15.7. The van der Waals surface area contributed by atoms with E-state index in [0.29, 0.717) is 15.9 Å². The number of benzene rings is 2. The number of hydrogen-bond acceptors (Lipinski definition) is 5. The summed E-state index contributed by atoms with van der Waals surface area (Å²) >= 11 is 6.51. The highest BCUT2D eigenvalue weighted by atomic mass is 35.5. The van der Waals surface area contributed by atoms with Crippen molar-refractivity contribution in [2.75, 3.05) is 18.0 Å². The Morgan fingerprint density at radius 3 is 2.55 bits per heavy atom. The van der Waals surface area contributed by atoms with Crippen LogP contribution in [-0.2, 0) is 0 Å². The molecule has 0 atom stereocenters. The van der Waals surface area contributed by atoms with Crippen molar-refractivity contribution in [1.82, 2.24) is 19.7 Å². The van der Waals surface area contributed by atoms with E-state index >= 15 is 0 Å². The van der Waals surface area contributed by atoms with Gasteiger partial charge in [0.25, 0.3) is 5.56 Å². The Balaban J connectivity index is 1.63. The lowest BCUT2D eigenvalue weighted by atomic mass is 10.0. The van der Waals surface area contributed by atoms with Gasteiger partial charge < -0.3 is 15.0 Å². The molecule has 1 aliphatic heterocycles. The van der Waals surface area contributed by atoms with Crippen LogP contribution in [-0.4, -0.2) is 37.9 Å². The van der Waals surface area contributed by atoms with Crippen molar-refractivity contribution in [1.29, 1.82) is 0 Å². The predicted molar refractivity (Wildman–Crippen MR) is 113 cm³/mol. The molecule has 0 bridgehead atoms. The van der Waals surface area contributed by atoms with E-state index in [9.17, 15) is 9.90 Å². The SMILES string of the molecule is O=c1[nH]c2cc(Cl)c(-c3ccc(N4CCCC4)cc3)cc2c(O)c1-n1cncn1. The van der Waals surface area contributed by atoms with Crippen LogP contribution in [0.4, 0.5) is 5.69 Å². The number of H-pyrrole nitrogens is 1. The van der Waals surface area contributed by atoms with Crippen molar-refractivity contribution in [2.45, 2.75) is 12.8 Å². The number of pyridine rings is 1. The van der Waals surface area contributed by atoms with E-state index in [1.165, 1.54) is 35.9 Å². The summed E-state index contributed by atoms with van der Waals surface area (Å²) in [6.45, 7) is 2.17. The van der Waals surface area contributed by atoms with Crippen molar-refractivity contribution in [3.05, 3.63) is 64.4 Å². The second-order valence-corrected chi connectivity index (χ2v) is 7.52. The van der Waals surface area contributed by atoms with Crippen molar-refractivity contribution >= 4 is 28.2 Å². The monoisotopic (exact) mass is 407 g/mol. The second kappa shape index (κ2) is 6.93. The zero-order valence-corrected chi connectivity index (χ0v) is 16.2. The third-order valence-electron chi connectivity index (χ3n) is 5.35. The van der Waals surface area contributed by atoms with E-state index in [-0.39, 0.29) is 11.4 Å². The van der Waals surface area contributed by atoms with Gasteiger partial charge in [-0.05, 0) is 42.7 Å². The average Bonchev–Trinajstić information content (AvgIpc) is 3.42. The fourth-order valence-electron chi connectivity index (χ4n) is 3.87. The van der Waals surface area contributed by atoms with E-state index in [2.05, 4.69) is 32.1 Å². The molecule has 3 heterocycles. The van der Waals surface area contributed by atoms with E-state index in [1.54, 1.807) is 12.1 Å². The molecule has 146 valence electrons. The van der Waals surface area contributed by atoms with Gasteiger partial charge in [0.15, 0.2) is 11.4 Å². The lowest BCUT2D eigenvalue weighted by molar-refractivity contribution is 0.475. The van der Waals surface area contributed by atoms with Gasteiger partial charge in [-0.3, -0.25) is 4.79 Å². The molecule has 2 aromatic heterocycles. The number of nitrogens with zero attached hydrogens (tertiary/aromatic N) is 4. The fraction of sp³-hybridized carbons (Fsp3) is 0.190. The van der Waals surface area contributed by atoms with Gasteiger partial charge in [-0.1, -0.05) is 23.7 Å². The maximum Gasteiger partial charge on any atom is 0.278 e. The molecule has 1 fully saturated rings. The van der Waals surface area contributed by atoms with Gasteiger partial charge in [-0.2, -0.15) is 5.10 Å². The van der Waals surface area contributed by atoms with E-state index in [4.69, 9.17) is 11.6 Å². The topological polar surface area (TPSA) is 87.0 Å². The molecule has 0 saturated carbocycles. The first-order valence-corrected chi connectivity index (χ1v) is 9.78. The van der Waals surface area contributed by atoms with Crippen molar-refractivity contribution < 1.29 is 5.11 Å². The molecule has 1 aliphatic rings. The largest absolute Gasteiger partial charge is 0.505 e. The fourth-order valence-corrected chi connectivity index (χ4v) is 4.15. The summed E-state index contributed by atoms with van der Waals surface area (Å²) in [5.74, 6) is -0.166. The molecule has 1 saturated heterocycles. The molecular formula is C21H18ClN5O2. The highest BCUT2D eigenvalue weighted by molar-refractivity contribution is 6.34. The molecule has 0 spiro atoms. The zero-order chi connectivity index (χ0) is 20.0. The molecule has 4 aromatic rings. The minimum absolute atomic E-state index is 0.0210. The normalized spacial score (nSPS) is 14.0. The second-order valence-electron chi connectivity index (χ2n) is 7.11. The molecule has 2 aromatic carbocycles. The number of hydrogen-bond donors (Lipinski definition) is 2. The van der Waals surface area contributed by atoms with Gasteiger partial charge in [0.05, 0.1) is 10.5 Å². The summed E-state index contributed by atoms with van der Waals surface area (Å²) in [4.78, 5) is 21.4. The number of nitrogens with one attached hydrogen (secondary N) is 1. The number of fused-ring (bicyclic) bond motifs is 1. The van der Waals surface area contributed by atoms with Crippen molar-refractivity contribution in [2.24, 2.45) is 0 Å². The molecule has 29 heavy (non-hydrogen) atoms. The molecule has 7 nitrogen and oxygen atoms in total. The lowest BCUT2D eigenvalue weighted by Crippen LogP contribution is -2.17. The number of anilines is 1. The maximum absolute atomic E-state index is 12.4. The molecular weight excluding hydrogens is 390 g/mol. The molecule has 0 unspecified atom stereocenters. The zero-order valence-electron chi connectivity index (χ0n) is 15.5. The Morgan fingerprint density at radius 2 is 1.86 bits per heavy atom. The van der Waals surface area contributed by atoms with Crippen LogP contribution >= 0.6 is 11.6 Å². The van der Waals surface area contributed by atoms with E-state index in [0.717, 1.165) is 24.2 Å². The molecule has 5 rings (SSSR count). The van der Waals surface area contributed by atoms with Crippen LogP contribution in [0.25, 0.3) is 27.7 Å². The first-order chi connectivity index (χ1) is 14.1. The Kier molecular flexibility index (Phi) is 4.24. The minimum atomic E-state index is -0.473. The first kappa shape index (κ1) is 17.8. The molecule has 0 radical (unpaired) electrons. The summed E-state index contributed by atoms with van der Waals surface area (Å²) in [6, 6.07) is 11.7. The average molecular weight is 408 g/mol. The van der Waals surface area contributed by atoms with Crippen LogP contribution in [0.3, 0.4) is 0 Å². The van der Waals surface area contributed by atoms with E-state index in [1.807, 2.05) is 12.1 Å². The quantitative estimate of drug-likeness (QED) is 0.540. The van der Waals surface area contributed by atoms with Gasteiger partial charge >= 0.3 is 0 Å². The van der Waals surface area contributed by atoms with Crippen LogP contribution in [0, 0.1) is 0 Å². The lowest BCUT2D eigenvalue weighted by Gasteiger charge is -2.18. The standard InChI is InChI=1S/C21H18ClN5O2/c22-17-10-18-16(20(28)19(21(29)25-18)27-12-23-11-24-27)9-15(17)13-3-5-14(6-4-13)26-7-1-2-8-26/h3-6,9-12H,1-2,7-8H2,(H2,25,28,29). The van der Waals surface area contributed by atoms with Crippen LogP contribution in [0.1, 0.15) is 12.8 Å². The Morgan fingerprint density at radius 1 is 1.10 bits per heavy atom. The summed E-state index contributed by atoms with van der Waals surface area (Å²) in [5.41, 5.74) is 2.92. The van der Waals surface area contributed by atoms with Gasteiger partial charge in [-0.15, -0.1) is 0 Å². The predicted octanol–water partition coefficient (Wildman–Crippen LogP) is 3.74. The van der Waals surface area contributed by atoms with Gasteiger partial charge in [0.2, 0.25) is 0 Å². The van der Waals surface area contributed by atoms with Gasteiger partial charge in [0.1, 0.15) is 12.7 Å². The number of rotatable bonds is 3. The number of aromatic amines is 1. The van der Waals surface area contributed by atoms with E-state index < -0.39 is 5.56 Å². The first-order valence-electron chi connectivity index (χ1n) is 9.41. The van der Waals surface area contributed by atoms with Crippen LogP contribution in [0.2, 0.25) is 5.02 Å². The summed E-state index contributed by atoms with van der Waals surface area (Å²) < 4.78 is 1.24. The molecule has 0 aliphatic carbocycles. The van der Waals surface area contributed by atoms with Crippen LogP contribution in [0.5, 0.6) is 5.75 Å². The molecule has 0 amide bonds. The molecule has 2 N–H and O–H groups in total. The van der Waals surface area contributed by atoms with Crippen LogP contribution in [0.15, 0.2) is 53.8 Å². The Hall–Kier alpha value is -3.32. The Bertz CT molecular complexity index is 1240. The Labute approximate surface area is 171 Å². The third-order valence-corrected chi connectivity index (χ3v) is 5.66. The highest BCUT2D eigenvalue weighted by Gasteiger charge is 2.17. The summed E-state index contributed by atoms with van der Waals surface area (Å²) in [6.07, 6.45) is 5.12. The maximum atomic E-state index is 12.4. The van der Waals surface area contributed by atoms with Crippen LogP contribution < -0.4 is 10.5 Å².